The van der Waals surface area contributed by atoms with Gasteiger partial charge in [0.1, 0.15) is 0 Å². The number of anilines is 1. The van der Waals surface area contributed by atoms with Crippen LogP contribution in [0.4, 0.5) is 5.69 Å². The van der Waals surface area contributed by atoms with E-state index in [4.69, 9.17) is 0 Å². The van der Waals surface area contributed by atoms with Crippen LogP contribution >= 0.6 is 15.9 Å². The zero-order valence-corrected chi connectivity index (χ0v) is 12.4. The molecule has 3 nitrogen and oxygen atoms in total. The molecular weight excluding hydrogens is 302 g/mol. The van der Waals surface area contributed by atoms with Crippen LogP contribution in [0.5, 0.6) is 0 Å². The SMILES string of the molecule is Brc1cnc2c(NCC3CCCCN3)cccc2c1. The molecule has 1 aliphatic rings. The van der Waals surface area contributed by atoms with Crippen LogP contribution in [0.1, 0.15) is 19.3 Å². The highest BCUT2D eigenvalue weighted by atomic mass is 79.9. The van der Waals surface area contributed by atoms with Gasteiger partial charge in [0.25, 0.3) is 0 Å². The summed E-state index contributed by atoms with van der Waals surface area (Å²) in [5.74, 6) is 0. The Hall–Kier alpha value is -1.13. The lowest BCUT2D eigenvalue weighted by molar-refractivity contribution is 0.414. The first kappa shape index (κ1) is 12.9. The van der Waals surface area contributed by atoms with Gasteiger partial charge >= 0.3 is 0 Å². The zero-order chi connectivity index (χ0) is 13.1. The zero-order valence-electron chi connectivity index (χ0n) is 10.8. The number of para-hydroxylation sites is 1. The van der Waals surface area contributed by atoms with Gasteiger partial charge in [0.15, 0.2) is 0 Å². The molecule has 0 radical (unpaired) electrons. The van der Waals surface area contributed by atoms with E-state index < -0.39 is 0 Å². The van der Waals surface area contributed by atoms with E-state index >= 15 is 0 Å². The maximum Gasteiger partial charge on any atom is 0.0934 e. The fourth-order valence-electron chi connectivity index (χ4n) is 2.61. The van der Waals surface area contributed by atoms with Crippen LogP contribution in [0.2, 0.25) is 0 Å². The van der Waals surface area contributed by atoms with Gasteiger partial charge in [-0.1, -0.05) is 18.6 Å². The van der Waals surface area contributed by atoms with Crippen LogP contribution in [0.3, 0.4) is 0 Å². The average Bonchev–Trinajstić information content (AvgIpc) is 2.45. The van der Waals surface area contributed by atoms with Crippen molar-refractivity contribution in [3.8, 4) is 0 Å². The molecular formula is C15H18BrN3. The molecule has 2 heterocycles. The minimum absolute atomic E-state index is 0.583. The van der Waals surface area contributed by atoms with Crippen molar-refractivity contribution >= 4 is 32.5 Å². The van der Waals surface area contributed by atoms with Gasteiger partial charge < -0.3 is 10.6 Å². The number of benzene rings is 1. The maximum atomic E-state index is 4.51. The molecule has 0 saturated carbocycles. The first-order valence-corrected chi connectivity index (χ1v) is 7.64. The second-order valence-corrected chi connectivity index (χ2v) is 5.97. The van der Waals surface area contributed by atoms with Gasteiger partial charge in [-0.25, -0.2) is 0 Å². The number of nitrogens with one attached hydrogen (secondary N) is 2. The van der Waals surface area contributed by atoms with Crippen molar-refractivity contribution in [3.05, 3.63) is 34.9 Å². The Balaban J connectivity index is 1.76. The Kier molecular flexibility index (Phi) is 3.99. The van der Waals surface area contributed by atoms with Gasteiger partial charge in [-0.3, -0.25) is 4.98 Å². The van der Waals surface area contributed by atoms with E-state index in [2.05, 4.69) is 55.8 Å². The molecule has 1 unspecified atom stereocenters. The lowest BCUT2D eigenvalue weighted by Gasteiger charge is -2.24. The van der Waals surface area contributed by atoms with Crippen LogP contribution in [0.25, 0.3) is 10.9 Å². The van der Waals surface area contributed by atoms with Gasteiger partial charge in [0, 0.05) is 28.6 Å². The fraction of sp³-hybridized carbons (Fsp3) is 0.400. The number of hydrogen-bond acceptors (Lipinski definition) is 3. The summed E-state index contributed by atoms with van der Waals surface area (Å²) < 4.78 is 1.02. The van der Waals surface area contributed by atoms with Gasteiger partial charge in [-0.15, -0.1) is 0 Å². The third kappa shape index (κ3) is 3.07. The number of fused-ring (bicyclic) bond motifs is 1. The van der Waals surface area contributed by atoms with Crippen LogP contribution < -0.4 is 10.6 Å². The van der Waals surface area contributed by atoms with Gasteiger partial charge in [0.05, 0.1) is 11.2 Å². The number of rotatable bonds is 3. The molecule has 1 fully saturated rings. The van der Waals surface area contributed by atoms with E-state index in [9.17, 15) is 0 Å². The topological polar surface area (TPSA) is 37.0 Å². The monoisotopic (exact) mass is 319 g/mol. The molecule has 1 atom stereocenters. The molecule has 1 aliphatic heterocycles. The second-order valence-electron chi connectivity index (χ2n) is 5.06. The van der Waals surface area contributed by atoms with Crippen molar-refractivity contribution in [3.63, 3.8) is 0 Å². The highest BCUT2D eigenvalue weighted by Crippen LogP contribution is 2.24. The van der Waals surface area contributed by atoms with Gasteiger partial charge in [-0.05, 0) is 47.4 Å². The molecule has 0 amide bonds. The number of piperidine rings is 1. The Morgan fingerprint density at radius 3 is 3.16 bits per heavy atom. The minimum atomic E-state index is 0.583. The number of halogens is 1. The van der Waals surface area contributed by atoms with Crippen LogP contribution in [-0.2, 0) is 0 Å². The van der Waals surface area contributed by atoms with Crippen molar-refractivity contribution in [2.45, 2.75) is 25.3 Å². The van der Waals surface area contributed by atoms with Crippen LogP contribution in [0.15, 0.2) is 34.9 Å². The third-order valence-electron chi connectivity index (χ3n) is 3.63. The molecule has 2 N–H and O–H groups in total. The van der Waals surface area contributed by atoms with Crippen molar-refractivity contribution in [2.75, 3.05) is 18.4 Å². The smallest absolute Gasteiger partial charge is 0.0934 e. The van der Waals surface area contributed by atoms with Crippen LogP contribution in [-0.4, -0.2) is 24.1 Å². The Morgan fingerprint density at radius 1 is 1.37 bits per heavy atom. The molecule has 2 aromatic rings. The molecule has 1 aromatic carbocycles. The maximum absolute atomic E-state index is 4.51. The van der Waals surface area contributed by atoms with Crippen LogP contribution in [0, 0.1) is 0 Å². The molecule has 1 aromatic heterocycles. The van der Waals surface area contributed by atoms with E-state index in [1.165, 1.54) is 19.3 Å². The largest absolute Gasteiger partial charge is 0.382 e. The summed E-state index contributed by atoms with van der Waals surface area (Å²) in [5, 5.41) is 8.26. The Labute approximate surface area is 121 Å². The van der Waals surface area contributed by atoms with Crippen molar-refractivity contribution in [1.82, 2.24) is 10.3 Å². The summed E-state index contributed by atoms with van der Waals surface area (Å²) in [4.78, 5) is 4.51. The quantitative estimate of drug-likeness (QED) is 0.908. The Bertz CT molecular complexity index is 564. The van der Waals surface area contributed by atoms with Gasteiger partial charge in [0.2, 0.25) is 0 Å². The van der Waals surface area contributed by atoms with E-state index in [0.29, 0.717) is 6.04 Å². The summed E-state index contributed by atoms with van der Waals surface area (Å²) in [6, 6.07) is 8.96. The van der Waals surface area contributed by atoms with E-state index in [0.717, 1.165) is 34.2 Å². The Morgan fingerprint density at radius 2 is 2.32 bits per heavy atom. The third-order valence-corrected chi connectivity index (χ3v) is 4.06. The number of nitrogens with zero attached hydrogens (tertiary/aromatic N) is 1. The molecule has 100 valence electrons. The molecule has 0 spiro atoms. The number of pyridine rings is 1. The molecule has 3 rings (SSSR count). The highest BCUT2D eigenvalue weighted by Gasteiger charge is 2.12. The number of aromatic nitrogens is 1. The summed E-state index contributed by atoms with van der Waals surface area (Å²) in [5.41, 5.74) is 2.17. The normalized spacial score (nSPS) is 19.5. The summed E-state index contributed by atoms with van der Waals surface area (Å²) >= 11 is 3.47. The molecule has 0 bridgehead atoms. The molecule has 0 aliphatic carbocycles. The van der Waals surface area contributed by atoms with Crippen molar-refractivity contribution in [1.29, 1.82) is 0 Å². The van der Waals surface area contributed by atoms with Crippen molar-refractivity contribution < 1.29 is 0 Å². The summed E-state index contributed by atoms with van der Waals surface area (Å²) in [6.45, 7) is 2.12. The first-order chi connectivity index (χ1) is 9.33. The van der Waals surface area contributed by atoms with Crippen molar-refractivity contribution in [2.24, 2.45) is 0 Å². The minimum Gasteiger partial charge on any atom is -0.382 e. The second kappa shape index (κ2) is 5.88. The first-order valence-electron chi connectivity index (χ1n) is 6.84. The summed E-state index contributed by atoms with van der Waals surface area (Å²) in [6.07, 6.45) is 5.75. The standard InChI is InChI=1S/C15H18BrN3/c16-12-8-11-4-3-6-14(15(11)19-9-12)18-10-13-5-1-2-7-17-13/h3-4,6,8-9,13,17-18H,1-2,5,7,10H2. The average molecular weight is 320 g/mol. The lowest BCUT2D eigenvalue weighted by atomic mass is 10.0. The highest BCUT2D eigenvalue weighted by molar-refractivity contribution is 9.10. The molecule has 4 heteroatoms. The molecule has 19 heavy (non-hydrogen) atoms. The molecule has 1 saturated heterocycles. The predicted octanol–water partition coefficient (Wildman–Crippen LogP) is 3.55. The van der Waals surface area contributed by atoms with E-state index in [1.54, 1.807) is 0 Å². The fourth-order valence-corrected chi connectivity index (χ4v) is 2.96. The van der Waals surface area contributed by atoms with E-state index in [-0.39, 0.29) is 0 Å². The summed E-state index contributed by atoms with van der Waals surface area (Å²) in [7, 11) is 0. The van der Waals surface area contributed by atoms with E-state index in [1.807, 2.05) is 6.20 Å². The predicted molar refractivity (Wildman–Crippen MR) is 83.6 cm³/mol. The number of hydrogen-bond donors (Lipinski definition) is 2. The van der Waals surface area contributed by atoms with Gasteiger partial charge in [-0.2, -0.15) is 0 Å². The lowest BCUT2D eigenvalue weighted by Crippen LogP contribution is -2.39.